The molecule has 196 valence electrons. The number of nitrogens with zero attached hydrogens (tertiary/aromatic N) is 3. The molecule has 0 N–H and O–H groups in total. The third-order valence-electron chi connectivity index (χ3n) is 6.62. The molecule has 0 radical (unpaired) electrons. The van der Waals surface area contributed by atoms with Crippen LogP contribution in [0, 0.1) is 13.8 Å². The van der Waals surface area contributed by atoms with E-state index in [1.165, 1.54) is 7.11 Å². The van der Waals surface area contributed by atoms with Crippen LogP contribution in [0.2, 0.25) is 0 Å². The molecule has 2 heterocycles. The number of carbonyl (C=O) groups is 2. The number of carbonyl (C=O) groups excluding carboxylic acids is 2. The molecule has 0 saturated carbocycles. The summed E-state index contributed by atoms with van der Waals surface area (Å²) in [5.41, 5.74) is 3.65. The average Bonchev–Trinajstić information content (AvgIpc) is 3.28. The van der Waals surface area contributed by atoms with Crippen molar-refractivity contribution in [1.29, 1.82) is 0 Å². The molecule has 1 saturated heterocycles. The van der Waals surface area contributed by atoms with Gasteiger partial charge in [0.25, 0.3) is 5.91 Å². The standard InChI is InChI=1S/C28H33N3O6/c1-19-26(20(2)37-29-19)27(32)31-14-12-30(13-15-31)17-25(23-6-5-7-24(16-23)34-3)36-18-21-8-10-22(11-9-21)28(33)35-4/h5-11,16,25H,12-15,17-18H2,1-4H3/t25-/m1/s1. The molecule has 0 spiro atoms. The quantitative estimate of drug-likeness (QED) is 0.404. The number of hydrogen-bond acceptors (Lipinski definition) is 8. The highest BCUT2D eigenvalue weighted by molar-refractivity contribution is 5.96. The van der Waals surface area contributed by atoms with E-state index in [9.17, 15) is 9.59 Å². The summed E-state index contributed by atoms with van der Waals surface area (Å²) in [6.07, 6.45) is -0.208. The zero-order valence-electron chi connectivity index (χ0n) is 21.7. The van der Waals surface area contributed by atoms with Crippen molar-refractivity contribution in [3.8, 4) is 5.75 Å². The van der Waals surface area contributed by atoms with Gasteiger partial charge in [-0.05, 0) is 49.2 Å². The zero-order chi connectivity index (χ0) is 26.4. The van der Waals surface area contributed by atoms with Crippen molar-refractivity contribution in [2.45, 2.75) is 26.6 Å². The Hall–Kier alpha value is -3.69. The Kier molecular flexibility index (Phi) is 8.58. The molecular formula is C28H33N3O6. The van der Waals surface area contributed by atoms with Crippen LogP contribution in [-0.4, -0.2) is 73.8 Å². The summed E-state index contributed by atoms with van der Waals surface area (Å²) in [6.45, 7) is 7.29. The van der Waals surface area contributed by atoms with Crippen LogP contribution < -0.4 is 4.74 Å². The van der Waals surface area contributed by atoms with Gasteiger partial charge in [-0.25, -0.2) is 4.79 Å². The van der Waals surface area contributed by atoms with E-state index in [1.807, 2.05) is 41.3 Å². The van der Waals surface area contributed by atoms with E-state index in [4.69, 9.17) is 18.7 Å². The molecule has 0 unspecified atom stereocenters. The van der Waals surface area contributed by atoms with Gasteiger partial charge in [-0.1, -0.05) is 29.4 Å². The highest BCUT2D eigenvalue weighted by Crippen LogP contribution is 2.25. The summed E-state index contributed by atoms with van der Waals surface area (Å²) in [7, 11) is 3.01. The largest absolute Gasteiger partial charge is 0.497 e. The van der Waals surface area contributed by atoms with Gasteiger partial charge >= 0.3 is 5.97 Å². The number of hydrogen-bond donors (Lipinski definition) is 0. The highest BCUT2D eigenvalue weighted by Gasteiger charge is 2.28. The predicted octanol–water partition coefficient (Wildman–Crippen LogP) is 3.80. The molecule has 2 aromatic carbocycles. The van der Waals surface area contributed by atoms with Crippen molar-refractivity contribution in [2.24, 2.45) is 0 Å². The number of aromatic nitrogens is 1. The maximum absolute atomic E-state index is 13.0. The second-order valence-electron chi connectivity index (χ2n) is 9.06. The normalized spacial score (nSPS) is 14.9. The van der Waals surface area contributed by atoms with Crippen molar-refractivity contribution >= 4 is 11.9 Å². The van der Waals surface area contributed by atoms with E-state index < -0.39 is 0 Å². The maximum atomic E-state index is 13.0. The third-order valence-corrected chi connectivity index (χ3v) is 6.62. The molecule has 1 aliphatic rings. The van der Waals surface area contributed by atoms with Gasteiger partial charge in [-0.2, -0.15) is 0 Å². The van der Waals surface area contributed by atoms with Crippen molar-refractivity contribution in [3.63, 3.8) is 0 Å². The lowest BCUT2D eigenvalue weighted by Gasteiger charge is -2.36. The topological polar surface area (TPSA) is 94.3 Å². The lowest BCUT2D eigenvalue weighted by atomic mass is 10.1. The molecule has 0 aliphatic carbocycles. The Morgan fingerprint density at radius 1 is 1.03 bits per heavy atom. The second-order valence-corrected chi connectivity index (χ2v) is 9.06. The van der Waals surface area contributed by atoms with E-state index in [0.29, 0.717) is 48.8 Å². The Balaban J connectivity index is 1.41. The van der Waals surface area contributed by atoms with Crippen LogP contribution in [0.1, 0.15) is 49.4 Å². The van der Waals surface area contributed by atoms with E-state index in [2.05, 4.69) is 10.1 Å². The van der Waals surface area contributed by atoms with Gasteiger partial charge in [0.1, 0.15) is 17.1 Å². The minimum atomic E-state index is -0.367. The second kappa shape index (κ2) is 12.0. The molecule has 1 aliphatic heterocycles. The third kappa shape index (κ3) is 6.36. The molecule has 1 amide bonds. The van der Waals surface area contributed by atoms with Crippen molar-refractivity contribution in [2.75, 3.05) is 46.9 Å². The fraction of sp³-hybridized carbons (Fsp3) is 0.393. The minimum absolute atomic E-state index is 0.0353. The van der Waals surface area contributed by atoms with Crippen LogP contribution in [0.25, 0.3) is 0 Å². The first-order valence-corrected chi connectivity index (χ1v) is 12.3. The Morgan fingerprint density at radius 3 is 2.38 bits per heavy atom. The number of esters is 1. The molecular weight excluding hydrogens is 474 g/mol. The maximum Gasteiger partial charge on any atom is 0.337 e. The summed E-state index contributed by atoms with van der Waals surface area (Å²) in [5, 5.41) is 3.91. The van der Waals surface area contributed by atoms with Crippen LogP contribution in [0.5, 0.6) is 5.75 Å². The van der Waals surface area contributed by atoms with Gasteiger partial charge in [0.15, 0.2) is 0 Å². The first-order chi connectivity index (χ1) is 17.9. The molecule has 0 bridgehead atoms. The Labute approximate surface area is 216 Å². The van der Waals surface area contributed by atoms with Crippen LogP contribution in [0.3, 0.4) is 0 Å². The van der Waals surface area contributed by atoms with Crippen LogP contribution in [0.15, 0.2) is 53.1 Å². The summed E-state index contributed by atoms with van der Waals surface area (Å²) in [4.78, 5) is 28.9. The van der Waals surface area contributed by atoms with Crippen LogP contribution in [-0.2, 0) is 16.1 Å². The molecule has 1 atom stereocenters. The smallest absolute Gasteiger partial charge is 0.337 e. The number of amides is 1. The highest BCUT2D eigenvalue weighted by atomic mass is 16.5. The predicted molar refractivity (Wildman–Crippen MR) is 137 cm³/mol. The van der Waals surface area contributed by atoms with Crippen LogP contribution >= 0.6 is 0 Å². The van der Waals surface area contributed by atoms with E-state index >= 15 is 0 Å². The van der Waals surface area contributed by atoms with Gasteiger partial charge in [-0.15, -0.1) is 0 Å². The zero-order valence-corrected chi connectivity index (χ0v) is 21.7. The lowest BCUT2D eigenvalue weighted by molar-refractivity contribution is 0.00329. The summed E-state index contributed by atoms with van der Waals surface area (Å²) in [6, 6.07) is 15.1. The lowest BCUT2D eigenvalue weighted by Crippen LogP contribution is -2.49. The van der Waals surface area contributed by atoms with E-state index in [-0.39, 0.29) is 18.0 Å². The molecule has 4 rings (SSSR count). The van der Waals surface area contributed by atoms with Gasteiger partial charge < -0.3 is 23.6 Å². The molecule has 37 heavy (non-hydrogen) atoms. The number of aryl methyl sites for hydroxylation is 2. The summed E-state index contributed by atoms with van der Waals surface area (Å²) in [5.74, 6) is 0.917. The monoisotopic (exact) mass is 507 g/mol. The number of methoxy groups -OCH3 is 2. The number of benzene rings is 2. The molecule has 9 nitrogen and oxygen atoms in total. The van der Waals surface area contributed by atoms with Gasteiger partial charge in [0.05, 0.1) is 38.2 Å². The fourth-order valence-electron chi connectivity index (χ4n) is 4.46. The molecule has 9 heteroatoms. The first kappa shape index (κ1) is 26.4. The van der Waals surface area contributed by atoms with Crippen molar-refractivity contribution < 1.29 is 28.3 Å². The molecule has 1 aromatic heterocycles. The first-order valence-electron chi connectivity index (χ1n) is 12.3. The van der Waals surface area contributed by atoms with Crippen molar-refractivity contribution in [1.82, 2.24) is 15.0 Å². The minimum Gasteiger partial charge on any atom is -0.497 e. The summed E-state index contributed by atoms with van der Waals surface area (Å²) < 4.78 is 21.8. The Bertz CT molecular complexity index is 1200. The van der Waals surface area contributed by atoms with E-state index in [0.717, 1.165) is 30.0 Å². The van der Waals surface area contributed by atoms with Gasteiger partial charge in [0, 0.05) is 32.7 Å². The fourth-order valence-corrected chi connectivity index (χ4v) is 4.46. The van der Waals surface area contributed by atoms with Gasteiger partial charge in [-0.3, -0.25) is 9.69 Å². The van der Waals surface area contributed by atoms with Gasteiger partial charge in [0.2, 0.25) is 0 Å². The number of piperazine rings is 1. The summed E-state index contributed by atoms with van der Waals surface area (Å²) >= 11 is 0. The molecule has 3 aromatic rings. The van der Waals surface area contributed by atoms with E-state index in [1.54, 1.807) is 33.1 Å². The van der Waals surface area contributed by atoms with Crippen LogP contribution in [0.4, 0.5) is 0 Å². The number of ether oxygens (including phenoxy) is 3. The van der Waals surface area contributed by atoms with Crippen molar-refractivity contribution in [3.05, 3.63) is 82.2 Å². The average molecular weight is 508 g/mol. The SMILES string of the molecule is COC(=O)c1ccc(CO[C@H](CN2CCN(C(=O)c3c(C)noc3C)CC2)c2cccc(OC)c2)cc1. The molecule has 1 fully saturated rings. The number of rotatable bonds is 9. The Morgan fingerprint density at radius 2 is 1.76 bits per heavy atom.